The molecule has 0 atom stereocenters. The van der Waals surface area contributed by atoms with Crippen LogP contribution in [0.3, 0.4) is 0 Å². The third-order valence-electron chi connectivity index (χ3n) is 4.79. The predicted octanol–water partition coefficient (Wildman–Crippen LogP) is 5.25. The van der Waals surface area contributed by atoms with Crippen LogP contribution in [0.1, 0.15) is 55.3 Å². The first-order valence-electron chi connectivity index (χ1n) is 10.8. The molecule has 2 aromatic carbocycles. The number of carbonyl (C=O) groups is 1. The van der Waals surface area contributed by atoms with Crippen molar-refractivity contribution in [3.8, 4) is 11.5 Å². The van der Waals surface area contributed by atoms with Gasteiger partial charge in [-0.25, -0.2) is 4.79 Å². The predicted molar refractivity (Wildman–Crippen MR) is 130 cm³/mol. The standard InChI is InChI=1S/C15H16O4.C11H15NO2/c1-8(2)4-5-10-11(16)7-13-14(15(10)18)12(17)6-9(3)19-13;1-2-3-8-14-11(13)9-4-6-10(12)7-5-9/h4,6-7,16,18H,5H2,1-3H3;4-7H,2-3,8,12H2,1H3. The van der Waals surface area contributed by atoms with Gasteiger partial charge in [0.1, 0.15) is 28.2 Å². The number of hydrogen-bond donors (Lipinski definition) is 3. The van der Waals surface area contributed by atoms with Crippen LogP contribution in [-0.4, -0.2) is 22.8 Å². The summed E-state index contributed by atoms with van der Waals surface area (Å²) in [6, 6.07) is 9.42. The molecule has 7 nitrogen and oxygen atoms in total. The lowest BCUT2D eigenvalue weighted by molar-refractivity contribution is 0.0499. The lowest BCUT2D eigenvalue weighted by atomic mass is 10.0. The largest absolute Gasteiger partial charge is 0.507 e. The zero-order chi connectivity index (χ0) is 24.5. The number of allylic oxidation sites excluding steroid dienone is 2. The average Bonchev–Trinajstić information content (AvgIpc) is 2.73. The highest BCUT2D eigenvalue weighted by atomic mass is 16.5. The summed E-state index contributed by atoms with van der Waals surface area (Å²) in [5.74, 6) is -0.121. The molecular formula is C26H31NO6. The molecule has 1 heterocycles. The van der Waals surface area contributed by atoms with Gasteiger partial charge in [0.15, 0.2) is 5.43 Å². The number of nitrogen functional groups attached to an aromatic ring is 1. The number of ether oxygens (including phenoxy) is 1. The van der Waals surface area contributed by atoms with E-state index in [0.29, 0.717) is 35.6 Å². The quantitative estimate of drug-likeness (QED) is 0.202. The Hall–Kier alpha value is -3.74. The van der Waals surface area contributed by atoms with Crippen molar-refractivity contribution in [1.82, 2.24) is 0 Å². The summed E-state index contributed by atoms with van der Waals surface area (Å²) in [4.78, 5) is 23.3. The molecule has 0 aliphatic carbocycles. The van der Waals surface area contributed by atoms with Gasteiger partial charge in [0.05, 0.1) is 12.2 Å². The van der Waals surface area contributed by atoms with Gasteiger partial charge in [-0.1, -0.05) is 25.0 Å². The first-order valence-corrected chi connectivity index (χ1v) is 10.8. The van der Waals surface area contributed by atoms with Gasteiger partial charge in [0.25, 0.3) is 0 Å². The molecule has 0 aliphatic rings. The molecule has 0 saturated carbocycles. The highest BCUT2D eigenvalue weighted by Gasteiger charge is 2.16. The van der Waals surface area contributed by atoms with E-state index < -0.39 is 0 Å². The molecule has 0 saturated heterocycles. The maximum Gasteiger partial charge on any atom is 0.338 e. The minimum Gasteiger partial charge on any atom is -0.507 e. The number of benzene rings is 2. The zero-order valence-electron chi connectivity index (χ0n) is 19.5. The molecule has 0 unspecified atom stereocenters. The number of aromatic hydroxyl groups is 2. The summed E-state index contributed by atoms with van der Waals surface area (Å²) in [5, 5.41) is 20.2. The lowest BCUT2D eigenvalue weighted by Crippen LogP contribution is -2.06. The SMILES string of the molecule is CC(C)=CCc1c(O)cc2oc(C)cc(=O)c2c1O.CCCCOC(=O)c1ccc(N)cc1. The molecular weight excluding hydrogens is 422 g/mol. The highest BCUT2D eigenvalue weighted by molar-refractivity contribution is 5.89. The number of esters is 1. The Kier molecular flexibility index (Phi) is 9.09. The van der Waals surface area contributed by atoms with E-state index in [0.717, 1.165) is 18.4 Å². The maximum atomic E-state index is 11.9. The Morgan fingerprint density at radius 3 is 2.42 bits per heavy atom. The minimum atomic E-state index is -0.310. The summed E-state index contributed by atoms with van der Waals surface area (Å²) in [5.41, 5.74) is 7.98. The average molecular weight is 454 g/mol. The van der Waals surface area contributed by atoms with Crippen molar-refractivity contribution in [2.45, 2.75) is 47.0 Å². The van der Waals surface area contributed by atoms with Gasteiger partial charge in [-0.15, -0.1) is 0 Å². The second-order valence-corrected chi connectivity index (χ2v) is 7.91. The van der Waals surface area contributed by atoms with Crippen LogP contribution >= 0.6 is 0 Å². The summed E-state index contributed by atoms with van der Waals surface area (Å²) < 4.78 is 10.4. The molecule has 0 spiro atoms. The fourth-order valence-electron chi connectivity index (χ4n) is 2.97. The smallest absolute Gasteiger partial charge is 0.338 e. The summed E-state index contributed by atoms with van der Waals surface area (Å²) in [6.45, 7) is 8.03. The van der Waals surface area contributed by atoms with Gasteiger partial charge >= 0.3 is 5.97 Å². The molecule has 0 aliphatic heterocycles. The molecule has 0 fully saturated rings. The molecule has 0 radical (unpaired) electrons. The van der Waals surface area contributed by atoms with E-state index in [1.165, 1.54) is 12.1 Å². The molecule has 3 rings (SSSR count). The van der Waals surface area contributed by atoms with E-state index in [4.69, 9.17) is 14.9 Å². The Labute approximate surface area is 193 Å². The van der Waals surface area contributed by atoms with E-state index in [1.807, 2.05) is 19.9 Å². The second kappa shape index (κ2) is 11.8. The Balaban J connectivity index is 0.000000245. The number of phenols is 2. The van der Waals surface area contributed by atoms with Crippen LogP contribution in [-0.2, 0) is 11.2 Å². The number of carbonyl (C=O) groups excluding carboxylic acids is 1. The van der Waals surface area contributed by atoms with E-state index >= 15 is 0 Å². The first-order chi connectivity index (χ1) is 15.6. The maximum absolute atomic E-state index is 11.9. The number of unbranched alkanes of at least 4 members (excludes halogenated alkanes) is 1. The van der Waals surface area contributed by atoms with Crippen LogP contribution in [0.2, 0.25) is 0 Å². The topological polar surface area (TPSA) is 123 Å². The molecule has 4 N–H and O–H groups in total. The normalized spacial score (nSPS) is 10.3. The van der Waals surface area contributed by atoms with Crippen molar-refractivity contribution >= 4 is 22.6 Å². The Bertz CT molecular complexity index is 1190. The van der Waals surface area contributed by atoms with E-state index in [9.17, 15) is 19.8 Å². The van der Waals surface area contributed by atoms with E-state index in [-0.39, 0.29) is 33.9 Å². The zero-order valence-corrected chi connectivity index (χ0v) is 19.5. The minimum absolute atomic E-state index is 0.0729. The van der Waals surface area contributed by atoms with Gasteiger partial charge < -0.3 is 25.1 Å². The lowest BCUT2D eigenvalue weighted by Gasteiger charge is -2.08. The fraction of sp³-hybridized carbons (Fsp3) is 0.308. The number of nitrogens with two attached hydrogens (primary N) is 1. The van der Waals surface area contributed by atoms with E-state index in [1.54, 1.807) is 31.2 Å². The van der Waals surface area contributed by atoms with Crippen LogP contribution in [0, 0.1) is 6.92 Å². The Morgan fingerprint density at radius 2 is 1.82 bits per heavy atom. The van der Waals surface area contributed by atoms with Gasteiger partial charge in [-0.2, -0.15) is 0 Å². The molecule has 3 aromatic rings. The van der Waals surface area contributed by atoms with Crippen LogP contribution in [0.5, 0.6) is 11.5 Å². The van der Waals surface area contributed by atoms with Crippen LogP contribution < -0.4 is 11.2 Å². The number of hydrogen-bond acceptors (Lipinski definition) is 7. The molecule has 176 valence electrons. The number of rotatable bonds is 6. The van der Waals surface area contributed by atoms with Crippen molar-refractivity contribution in [2.24, 2.45) is 0 Å². The highest BCUT2D eigenvalue weighted by Crippen LogP contribution is 2.34. The van der Waals surface area contributed by atoms with Crippen molar-refractivity contribution in [3.05, 3.63) is 75.2 Å². The number of aryl methyl sites for hydroxylation is 1. The Morgan fingerprint density at radius 1 is 1.15 bits per heavy atom. The second-order valence-electron chi connectivity index (χ2n) is 7.91. The van der Waals surface area contributed by atoms with Crippen molar-refractivity contribution in [1.29, 1.82) is 0 Å². The van der Waals surface area contributed by atoms with Crippen molar-refractivity contribution < 1.29 is 24.2 Å². The van der Waals surface area contributed by atoms with Crippen molar-refractivity contribution in [3.63, 3.8) is 0 Å². The molecule has 0 bridgehead atoms. The summed E-state index contributed by atoms with van der Waals surface area (Å²) >= 11 is 0. The molecule has 1 aromatic heterocycles. The first kappa shape index (κ1) is 25.5. The van der Waals surface area contributed by atoms with Gasteiger partial charge in [-0.3, -0.25) is 4.79 Å². The third-order valence-corrected chi connectivity index (χ3v) is 4.79. The van der Waals surface area contributed by atoms with Crippen LogP contribution in [0.15, 0.2) is 57.3 Å². The summed E-state index contributed by atoms with van der Waals surface area (Å²) in [7, 11) is 0. The monoisotopic (exact) mass is 453 g/mol. The van der Waals surface area contributed by atoms with Gasteiger partial charge in [0.2, 0.25) is 0 Å². The number of phenolic OH excluding ortho intramolecular Hbond substituents is 2. The molecule has 33 heavy (non-hydrogen) atoms. The summed E-state index contributed by atoms with van der Waals surface area (Å²) in [6.07, 6.45) is 4.16. The molecule has 7 heteroatoms. The van der Waals surface area contributed by atoms with Crippen molar-refractivity contribution in [2.75, 3.05) is 12.3 Å². The fourth-order valence-corrected chi connectivity index (χ4v) is 2.97. The van der Waals surface area contributed by atoms with E-state index in [2.05, 4.69) is 6.92 Å². The number of anilines is 1. The molecule has 0 amide bonds. The number of fused-ring (bicyclic) bond motifs is 1. The van der Waals surface area contributed by atoms with Gasteiger partial charge in [-0.05, 0) is 57.9 Å². The third kappa shape index (κ3) is 7.14. The van der Waals surface area contributed by atoms with Crippen LogP contribution in [0.25, 0.3) is 11.0 Å². The van der Waals surface area contributed by atoms with Gasteiger partial charge in [0, 0.05) is 23.4 Å². The van der Waals surface area contributed by atoms with Crippen LogP contribution in [0.4, 0.5) is 5.69 Å².